The van der Waals surface area contributed by atoms with Gasteiger partial charge in [0, 0.05) is 13.1 Å². The maximum atomic E-state index is 12.6. The van der Waals surface area contributed by atoms with Crippen molar-refractivity contribution < 1.29 is 19.1 Å². The lowest BCUT2D eigenvalue weighted by molar-refractivity contribution is -0.124. The number of hydrogen-bond donors (Lipinski definition) is 1. The third-order valence-corrected chi connectivity index (χ3v) is 5.56. The molecule has 3 heterocycles. The largest absolute Gasteiger partial charge is 0.454 e. The number of nitrogens with zero attached hydrogens (tertiary/aromatic N) is 1. The van der Waals surface area contributed by atoms with Gasteiger partial charge in [0.05, 0.1) is 4.88 Å². The lowest BCUT2D eigenvalue weighted by Crippen LogP contribution is -2.46. The van der Waals surface area contributed by atoms with Gasteiger partial charge in [0.15, 0.2) is 11.5 Å². The van der Waals surface area contributed by atoms with E-state index < -0.39 is 0 Å². The summed E-state index contributed by atoms with van der Waals surface area (Å²) >= 11 is 1.41. The molecule has 2 aromatic rings. The zero-order valence-corrected chi connectivity index (χ0v) is 15.1. The molecule has 1 aromatic heterocycles. The molecule has 6 nitrogen and oxygen atoms in total. The first-order chi connectivity index (χ1) is 12.7. The van der Waals surface area contributed by atoms with Gasteiger partial charge in [-0.1, -0.05) is 12.1 Å². The number of hydrogen-bond acceptors (Lipinski definition) is 5. The average Bonchev–Trinajstić information content (AvgIpc) is 3.41. The summed E-state index contributed by atoms with van der Waals surface area (Å²) in [4.78, 5) is 27.5. The molecule has 0 unspecified atom stereocenters. The van der Waals surface area contributed by atoms with Crippen LogP contribution in [0.25, 0.3) is 0 Å². The van der Waals surface area contributed by atoms with Crippen LogP contribution in [0, 0.1) is 0 Å². The fourth-order valence-electron chi connectivity index (χ4n) is 3.37. The van der Waals surface area contributed by atoms with E-state index in [0.29, 0.717) is 30.8 Å². The van der Waals surface area contributed by atoms with Crippen LogP contribution in [0.2, 0.25) is 0 Å². The van der Waals surface area contributed by atoms with Crippen LogP contribution in [0.5, 0.6) is 11.5 Å². The molecule has 26 heavy (non-hydrogen) atoms. The molecule has 1 aromatic carbocycles. The number of fused-ring (bicyclic) bond motifs is 1. The second-order valence-electron chi connectivity index (χ2n) is 6.36. The average molecular weight is 372 g/mol. The van der Waals surface area contributed by atoms with Crippen molar-refractivity contribution in [1.29, 1.82) is 0 Å². The van der Waals surface area contributed by atoms with Crippen molar-refractivity contribution in [3.63, 3.8) is 0 Å². The molecule has 0 aliphatic carbocycles. The molecule has 7 heteroatoms. The Kier molecular flexibility index (Phi) is 4.79. The van der Waals surface area contributed by atoms with E-state index in [1.165, 1.54) is 11.3 Å². The van der Waals surface area contributed by atoms with Crippen LogP contribution in [0.4, 0.5) is 0 Å². The maximum absolute atomic E-state index is 12.6. The SMILES string of the molecule is O=C(NCCc1ccc2c(c1)OCO2)[C@@H]1CCCN1C(=O)c1cccs1. The van der Waals surface area contributed by atoms with Gasteiger partial charge < -0.3 is 19.7 Å². The second kappa shape index (κ2) is 7.37. The van der Waals surface area contributed by atoms with E-state index in [9.17, 15) is 9.59 Å². The molecular weight excluding hydrogens is 352 g/mol. The van der Waals surface area contributed by atoms with Crippen molar-refractivity contribution in [2.75, 3.05) is 19.9 Å². The smallest absolute Gasteiger partial charge is 0.264 e. The fourth-order valence-corrected chi connectivity index (χ4v) is 4.05. The zero-order chi connectivity index (χ0) is 17.9. The predicted octanol–water partition coefficient (Wildman–Crippen LogP) is 2.44. The topological polar surface area (TPSA) is 67.9 Å². The molecule has 1 atom stereocenters. The van der Waals surface area contributed by atoms with Gasteiger partial charge in [-0.15, -0.1) is 11.3 Å². The quantitative estimate of drug-likeness (QED) is 0.875. The van der Waals surface area contributed by atoms with Gasteiger partial charge in [0.1, 0.15) is 6.04 Å². The summed E-state index contributed by atoms with van der Waals surface area (Å²) in [7, 11) is 0. The first-order valence-corrected chi connectivity index (χ1v) is 9.61. The van der Waals surface area contributed by atoms with Gasteiger partial charge in [0.25, 0.3) is 5.91 Å². The summed E-state index contributed by atoms with van der Waals surface area (Å²) in [5.74, 6) is 1.38. The Morgan fingerprint density at radius 2 is 2.12 bits per heavy atom. The highest BCUT2D eigenvalue weighted by Gasteiger charge is 2.34. The molecule has 1 fully saturated rings. The zero-order valence-electron chi connectivity index (χ0n) is 14.3. The number of thiophene rings is 1. The maximum Gasteiger partial charge on any atom is 0.264 e. The monoisotopic (exact) mass is 372 g/mol. The minimum absolute atomic E-state index is 0.0478. The Hall–Kier alpha value is -2.54. The molecule has 136 valence electrons. The molecule has 1 saturated heterocycles. The minimum Gasteiger partial charge on any atom is -0.454 e. The van der Waals surface area contributed by atoms with Gasteiger partial charge in [0.2, 0.25) is 12.7 Å². The van der Waals surface area contributed by atoms with Gasteiger partial charge in [-0.25, -0.2) is 0 Å². The van der Waals surface area contributed by atoms with Gasteiger partial charge in [-0.05, 0) is 48.4 Å². The van der Waals surface area contributed by atoms with Gasteiger partial charge in [-0.3, -0.25) is 9.59 Å². The summed E-state index contributed by atoms with van der Waals surface area (Å²) in [6, 6.07) is 9.09. The minimum atomic E-state index is -0.374. The van der Waals surface area contributed by atoms with Crippen molar-refractivity contribution in [2.45, 2.75) is 25.3 Å². The van der Waals surface area contributed by atoms with Gasteiger partial charge in [-0.2, -0.15) is 0 Å². The van der Waals surface area contributed by atoms with Crippen molar-refractivity contribution in [2.24, 2.45) is 0 Å². The van der Waals surface area contributed by atoms with Crippen LogP contribution in [-0.2, 0) is 11.2 Å². The van der Waals surface area contributed by atoms with Crippen molar-refractivity contribution in [1.82, 2.24) is 10.2 Å². The van der Waals surface area contributed by atoms with E-state index in [-0.39, 0.29) is 24.6 Å². The van der Waals surface area contributed by atoms with E-state index in [0.717, 1.165) is 23.5 Å². The normalized spacial score (nSPS) is 18.2. The number of likely N-dealkylation sites (tertiary alicyclic amines) is 1. The first kappa shape index (κ1) is 16.9. The Bertz CT molecular complexity index is 806. The van der Waals surface area contributed by atoms with E-state index in [1.54, 1.807) is 11.0 Å². The second-order valence-corrected chi connectivity index (χ2v) is 7.31. The van der Waals surface area contributed by atoms with E-state index in [4.69, 9.17) is 9.47 Å². The predicted molar refractivity (Wildman–Crippen MR) is 97.7 cm³/mol. The number of carbonyl (C=O) groups excluding carboxylic acids is 2. The lowest BCUT2D eigenvalue weighted by atomic mass is 10.1. The molecule has 0 radical (unpaired) electrons. The van der Waals surface area contributed by atoms with Crippen molar-refractivity contribution in [3.8, 4) is 11.5 Å². The molecule has 2 aliphatic rings. The molecule has 1 N–H and O–H groups in total. The van der Waals surface area contributed by atoms with Crippen LogP contribution in [-0.4, -0.2) is 42.6 Å². The molecular formula is C19H20N2O4S. The number of nitrogens with one attached hydrogen (secondary N) is 1. The molecule has 4 rings (SSSR count). The number of rotatable bonds is 5. The molecule has 2 aliphatic heterocycles. The third kappa shape index (κ3) is 3.39. The van der Waals surface area contributed by atoms with Crippen LogP contribution in [0.15, 0.2) is 35.7 Å². The van der Waals surface area contributed by atoms with Gasteiger partial charge >= 0.3 is 0 Å². The van der Waals surface area contributed by atoms with E-state index >= 15 is 0 Å². The van der Waals surface area contributed by atoms with Crippen molar-refractivity contribution >= 4 is 23.2 Å². The number of carbonyl (C=O) groups is 2. The van der Waals surface area contributed by atoms with Crippen LogP contribution in [0.1, 0.15) is 28.1 Å². The van der Waals surface area contributed by atoms with Crippen molar-refractivity contribution in [3.05, 3.63) is 46.2 Å². The summed E-state index contributed by atoms with van der Waals surface area (Å²) in [6.07, 6.45) is 2.28. The van der Waals surface area contributed by atoms with E-state index in [1.807, 2.05) is 29.6 Å². The first-order valence-electron chi connectivity index (χ1n) is 8.73. The molecule has 0 spiro atoms. The Balaban J connectivity index is 1.32. The number of ether oxygens (including phenoxy) is 2. The van der Waals surface area contributed by atoms with Crippen LogP contribution < -0.4 is 14.8 Å². The summed E-state index contributed by atoms with van der Waals surface area (Å²) in [5, 5.41) is 4.85. The Morgan fingerprint density at radius 3 is 2.96 bits per heavy atom. The molecule has 0 saturated carbocycles. The number of amides is 2. The standard InChI is InChI=1S/C19H20N2O4S/c22-18(14-3-1-9-21(14)19(23)17-4-2-10-26-17)20-8-7-13-5-6-15-16(11-13)25-12-24-15/h2,4-6,10-11,14H,1,3,7-9,12H2,(H,20,22)/t14-/m0/s1. The summed E-state index contributed by atoms with van der Waals surface area (Å²) in [6.45, 7) is 1.41. The Morgan fingerprint density at radius 1 is 1.23 bits per heavy atom. The fraction of sp³-hybridized carbons (Fsp3) is 0.368. The van der Waals surface area contributed by atoms with Crippen LogP contribution in [0.3, 0.4) is 0 Å². The molecule has 0 bridgehead atoms. The van der Waals surface area contributed by atoms with E-state index in [2.05, 4.69) is 5.32 Å². The van der Waals surface area contributed by atoms with Crippen LogP contribution >= 0.6 is 11.3 Å². The molecule has 2 amide bonds. The summed E-state index contributed by atoms with van der Waals surface area (Å²) < 4.78 is 10.7. The Labute approximate surface area is 155 Å². The highest BCUT2D eigenvalue weighted by Crippen LogP contribution is 2.32. The number of benzene rings is 1. The summed E-state index contributed by atoms with van der Waals surface area (Å²) in [5.41, 5.74) is 1.08. The third-order valence-electron chi connectivity index (χ3n) is 4.70. The highest BCUT2D eigenvalue weighted by atomic mass is 32.1. The highest BCUT2D eigenvalue weighted by molar-refractivity contribution is 7.12. The lowest BCUT2D eigenvalue weighted by Gasteiger charge is -2.23.